The van der Waals surface area contributed by atoms with E-state index in [4.69, 9.17) is 25.8 Å². The number of carbonyl (C=O) groups excluding carboxylic acids is 1. The van der Waals surface area contributed by atoms with E-state index >= 15 is 0 Å². The fraction of sp³-hybridized carbons (Fsp3) is 0.190. The van der Waals surface area contributed by atoms with E-state index in [0.29, 0.717) is 33.5 Å². The second-order valence-electron chi connectivity index (χ2n) is 6.07. The van der Waals surface area contributed by atoms with Crippen LogP contribution in [0.5, 0.6) is 17.2 Å². The van der Waals surface area contributed by atoms with Crippen LogP contribution >= 0.6 is 11.6 Å². The van der Waals surface area contributed by atoms with Crippen LogP contribution in [-0.4, -0.2) is 31.8 Å². The van der Waals surface area contributed by atoms with Crippen molar-refractivity contribution in [1.29, 1.82) is 0 Å². The van der Waals surface area contributed by atoms with Crippen LogP contribution in [-0.2, 0) is 0 Å². The molecule has 1 N–H and O–H groups in total. The van der Waals surface area contributed by atoms with Gasteiger partial charge in [0.2, 0.25) is 0 Å². The lowest BCUT2D eigenvalue weighted by Gasteiger charge is -2.16. The number of methoxy groups -OCH3 is 3. The van der Waals surface area contributed by atoms with Gasteiger partial charge < -0.3 is 24.1 Å². The van der Waals surface area contributed by atoms with Crippen LogP contribution in [0.25, 0.3) is 5.69 Å². The third-order valence-corrected chi connectivity index (χ3v) is 4.68. The maximum absolute atomic E-state index is 12.9. The van der Waals surface area contributed by atoms with Crippen LogP contribution < -0.4 is 19.5 Å². The first kappa shape index (κ1) is 19.6. The highest BCUT2D eigenvalue weighted by molar-refractivity contribution is 6.33. The first-order valence-electron chi connectivity index (χ1n) is 8.53. The van der Waals surface area contributed by atoms with Crippen LogP contribution in [0.3, 0.4) is 0 Å². The van der Waals surface area contributed by atoms with Gasteiger partial charge in [0, 0.05) is 30.2 Å². The maximum atomic E-state index is 12.9. The van der Waals surface area contributed by atoms with Crippen LogP contribution in [0.2, 0.25) is 5.02 Å². The van der Waals surface area contributed by atoms with E-state index in [1.54, 1.807) is 38.5 Å². The maximum Gasteiger partial charge on any atom is 0.259 e. The molecule has 0 saturated heterocycles. The normalized spacial score (nSPS) is 10.5. The number of nitrogens with zero attached hydrogens (tertiary/aromatic N) is 1. The minimum Gasteiger partial charge on any atom is -0.496 e. The lowest BCUT2D eigenvalue weighted by atomic mass is 10.1. The van der Waals surface area contributed by atoms with E-state index in [0.717, 1.165) is 11.3 Å². The quantitative estimate of drug-likeness (QED) is 0.650. The van der Waals surface area contributed by atoms with Gasteiger partial charge in [0.25, 0.3) is 5.91 Å². The van der Waals surface area contributed by atoms with Crippen molar-refractivity contribution in [2.45, 2.75) is 6.92 Å². The van der Waals surface area contributed by atoms with Gasteiger partial charge in [-0.2, -0.15) is 0 Å². The third-order valence-electron chi connectivity index (χ3n) is 4.37. The molecule has 0 unspecified atom stereocenters. The average molecular weight is 401 g/mol. The van der Waals surface area contributed by atoms with Crippen LogP contribution in [0.1, 0.15) is 15.9 Å². The van der Waals surface area contributed by atoms with E-state index < -0.39 is 0 Å². The summed E-state index contributed by atoms with van der Waals surface area (Å²) in [5, 5.41) is 3.33. The largest absolute Gasteiger partial charge is 0.496 e. The van der Waals surface area contributed by atoms with E-state index in [1.165, 1.54) is 7.11 Å². The summed E-state index contributed by atoms with van der Waals surface area (Å²) in [6, 6.07) is 10.6. The molecule has 0 aliphatic heterocycles. The number of amides is 1. The average Bonchev–Trinajstić information content (AvgIpc) is 3.23. The zero-order valence-corrected chi connectivity index (χ0v) is 16.8. The van der Waals surface area contributed by atoms with Gasteiger partial charge in [0.1, 0.15) is 5.75 Å². The summed E-state index contributed by atoms with van der Waals surface area (Å²) in [4.78, 5) is 12.9. The standard InChI is InChI=1S/C21H21ClN2O4/c1-13-9-19(27-3)20(28-4)11-16(13)23-21(25)14-10-15(22)17(12-18(14)26-2)24-7-5-6-8-24/h5-12H,1-4H3,(H,23,25). The first-order valence-corrected chi connectivity index (χ1v) is 8.91. The van der Waals surface area contributed by atoms with Gasteiger partial charge in [0.05, 0.1) is 37.6 Å². The summed E-state index contributed by atoms with van der Waals surface area (Å²) in [5.41, 5.74) is 2.50. The zero-order chi connectivity index (χ0) is 20.3. The van der Waals surface area contributed by atoms with Gasteiger partial charge >= 0.3 is 0 Å². The molecule has 1 amide bonds. The molecule has 146 valence electrons. The summed E-state index contributed by atoms with van der Waals surface area (Å²) in [7, 11) is 4.62. The number of carbonyl (C=O) groups is 1. The van der Waals surface area contributed by atoms with Crippen molar-refractivity contribution in [3.8, 4) is 22.9 Å². The molecule has 3 rings (SSSR count). The minimum atomic E-state index is -0.340. The molecule has 0 bridgehead atoms. The Labute approximate surface area is 168 Å². The summed E-state index contributed by atoms with van der Waals surface area (Å²) in [6.07, 6.45) is 3.74. The number of aryl methyl sites for hydroxylation is 1. The number of halogens is 1. The molecular formula is C21H21ClN2O4. The molecule has 1 aromatic heterocycles. The fourth-order valence-electron chi connectivity index (χ4n) is 2.89. The highest BCUT2D eigenvalue weighted by atomic mass is 35.5. The van der Waals surface area contributed by atoms with Crippen LogP contribution in [0.15, 0.2) is 48.8 Å². The number of nitrogens with one attached hydrogen (secondary N) is 1. The highest BCUT2D eigenvalue weighted by Crippen LogP contribution is 2.34. The second kappa shape index (κ2) is 8.27. The van der Waals surface area contributed by atoms with Crippen LogP contribution in [0.4, 0.5) is 5.69 Å². The second-order valence-corrected chi connectivity index (χ2v) is 6.48. The van der Waals surface area contributed by atoms with Crippen LogP contribution in [0, 0.1) is 6.92 Å². The van der Waals surface area contributed by atoms with Crippen molar-refractivity contribution in [3.63, 3.8) is 0 Å². The van der Waals surface area contributed by atoms with Crippen molar-refractivity contribution in [3.05, 3.63) is 64.9 Å². The molecule has 3 aromatic rings. The Morgan fingerprint density at radius 3 is 2.14 bits per heavy atom. The molecule has 0 spiro atoms. The number of rotatable bonds is 6. The Balaban J connectivity index is 1.96. The van der Waals surface area contributed by atoms with E-state index in [1.807, 2.05) is 36.0 Å². The van der Waals surface area contributed by atoms with E-state index in [2.05, 4.69) is 5.32 Å². The van der Waals surface area contributed by atoms with Crippen molar-refractivity contribution >= 4 is 23.2 Å². The van der Waals surface area contributed by atoms with Gasteiger partial charge in [-0.1, -0.05) is 11.6 Å². The summed E-state index contributed by atoms with van der Waals surface area (Å²) in [6.45, 7) is 1.87. The Morgan fingerprint density at radius 2 is 1.54 bits per heavy atom. The van der Waals surface area contributed by atoms with Crippen molar-refractivity contribution < 1.29 is 19.0 Å². The molecule has 0 fully saturated rings. The number of ether oxygens (including phenoxy) is 3. The molecule has 0 saturated carbocycles. The topological polar surface area (TPSA) is 61.7 Å². The Kier molecular flexibility index (Phi) is 5.80. The van der Waals surface area contributed by atoms with Gasteiger partial charge in [-0.25, -0.2) is 0 Å². The number of aromatic nitrogens is 1. The van der Waals surface area contributed by atoms with Gasteiger partial charge in [0.15, 0.2) is 11.5 Å². The number of benzene rings is 2. The molecule has 0 aliphatic carbocycles. The van der Waals surface area contributed by atoms with Gasteiger partial charge in [-0.3, -0.25) is 4.79 Å². The molecule has 0 aliphatic rings. The lowest BCUT2D eigenvalue weighted by molar-refractivity contribution is 0.102. The molecule has 7 heteroatoms. The van der Waals surface area contributed by atoms with Crippen molar-refractivity contribution in [2.24, 2.45) is 0 Å². The predicted octanol–water partition coefficient (Wildman–Crippen LogP) is 4.72. The SMILES string of the molecule is COc1cc(C)c(NC(=O)c2cc(Cl)c(-n3cccc3)cc2OC)cc1OC. The Hall–Kier alpha value is -3.12. The molecule has 0 atom stereocenters. The van der Waals surface area contributed by atoms with E-state index in [-0.39, 0.29) is 5.91 Å². The first-order chi connectivity index (χ1) is 13.5. The minimum absolute atomic E-state index is 0.331. The zero-order valence-electron chi connectivity index (χ0n) is 16.1. The molecule has 0 radical (unpaired) electrons. The third kappa shape index (κ3) is 3.77. The monoisotopic (exact) mass is 400 g/mol. The molecular weight excluding hydrogens is 380 g/mol. The smallest absolute Gasteiger partial charge is 0.259 e. The van der Waals surface area contributed by atoms with Crippen molar-refractivity contribution in [2.75, 3.05) is 26.6 Å². The fourth-order valence-corrected chi connectivity index (χ4v) is 3.15. The molecule has 6 nitrogen and oxygen atoms in total. The number of anilines is 1. The summed E-state index contributed by atoms with van der Waals surface area (Å²) in [5.74, 6) is 1.20. The summed E-state index contributed by atoms with van der Waals surface area (Å²) < 4.78 is 17.9. The highest BCUT2D eigenvalue weighted by Gasteiger charge is 2.18. The number of hydrogen-bond donors (Lipinski definition) is 1. The number of hydrogen-bond acceptors (Lipinski definition) is 4. The van der Waals surface area contributed by atoms with Crippen molar-refractivity contribution in [1.82, 2.24) is 4.57 Å². The predicted molar refractivity (Wildman–Crippen MR) is 110 cm³/mol. The Bertz CT molecular complexity index is 1000. The Morgan fingerprint density at radius 1 is 0.929 bits per heavy atom. The molecule has 1 heterocycles. The lowest BCUT2D eigenvalue weighted by Crippen LogP contribution is -2.15. The van der Waals surface area contributed by atoms with Gasteiger partial charge in [-0.05, 0) is 36.8 Å². The van der Waals surface area contributed by atoms with Gasteiger partial charge in [-0.15, -0.1) is 0 Å². The molecule has 2 aromatic carbocycles. The van der Waals surface area contributed by atoms with E-state index in [9.17, 15) is 4.79 Å². The summed E-state index contributed by atoms with van der Waals surface area (Å²) >= 11 is 6.42. The molecule has 28 heavy (non-hydrogen) atoms.